The number of alkyl halides is 2. The summed E-state index contributed by atoms with van der Waals surface area (Å²) in [6.07, 6.45) is 3.22. The van der Waals surface area contributed by atoms with E-state index in [4.69, 9.17) is 5.73 Å². The number of hydrogen-bond acceptors (Lipinski definition) is 5. The maximum absolute atomic E-state index is 13.5. The number of nitrogens with zero attached hydrogens (tertiary/aromatic N) is 4. The minimum Gasteiger partial charge on any atom is -0.384 e. The highest BCUT2D eigenvalue weighted by Gasteiger charge is 2.29. The number of nitrogens with one attached hydrogen (secondary N) is 1. The van der Waals surface area contributed by atoms with Crippen molar-refractivity contribution in [3.63, 3.8) is 0 Å². The van der Waals surface area contributed by atoms with Crippen LogP contribution < -0.4 is 11.1 Å². The zero-order chi connectivity index (χ0) is 17.5. The second kappa shape index (κ2) is 5.52. The Morgan fingerprint density at radius 2 is 2.08 bits per heavy atom. The first-order valence-corrected chi connectivity index (χ1v) is 7.02. The summed E-state index contributed by atoms with van der Waals surface area (Å²) in [4.78, 5) is 22.8. The van der Waals surface area contributed by atoms with Gasteiger partial charge in [0.1, 0.15) is 17.5 Å². The Morgan fingerprint density at radius 3 is 2.75 bits per heavy atom. The molecule has 0 spiro atoms. The zero-order valence-corrected chi connectivity index (χ0v) is 12.9. The minimum atomic E-state index is -3.21. The van der Waals surface area contributed by atoms with E-state index in [9.17, 15) is 13.6 Å². The maximum atomic E-state index is 13.5. The average Bonchev–Trinajstić information content (AvgIpc) is 2.88. The maximum Gasteiger partial charge on any atom is 0.303 e. The van der Waals surface area contributed by atoms with E-state index in [-0.39, 0.29) is 17.5 Å². The van der Waals surface area contributed by atoms with Crippen molar-refractivity contribution in [2.75, 3.05) is 11.1 Å². The van der Waals surface area contributed by atoms with Crippen LogP contribution in [0.2, 0.25) is 0 Å². The predicted octanol–water partition coefficient (Wildman–Crippen LogP) is 2.47. The lowest BCUT2D eigenvalue weighted by molar-refractivity contribution is -0.114. The third-order valence-electron chi connectivity index (χ3n) is 3.25. The topological polar surface area (TPSA) is 98.7 Å². The second-order valence-corrected chi connectivity index (χ2v) is 5.36. The van der Waals surface area contributed by atoms with Gasteiger partial charge in [-0.25, -0.2) is 15.0 Å². The van der Waals surface area contributed by atoms with Gasteiger partial charge in [0.15, 0.2) is 0 Å². The van der Waals surface area contributed by atoms with Gasteiger partial charge in [-0.3, -0.25) is 4.79 Å². The van der Waals surface area contributed by atoms with Gasteiger partial charge in [-0.1, -0.05) is 0 Å². The Kier molecular flexibility index (Phi) is 3.63. The van der Waals surface area contributed by atoms with Crippen molar-refractivity contribution < 1.29 is 13.6 Å². The van der Waals surface area contributed by atoms with Crippen molar-refractivity contribution in [2.45, 2.75) is 19.8 Å². The molecule has 3 aromatic rings. The Hall–Kier alpha value is -3.10. The van der Waals surface area contributed by atoms with Crippen molar-refractivity contribution in [1.82, 2.24) is 19.5 Å². The summed E-state index contributed by atoms with van der Waals surface area (Å²) in [7, 11) is 0. The summed E-state index contributed by atoms with van der Waals surface area (Å²) >= 11 is 0. The third-order valence-corrected chi connectivity index (χ3v) is 3.25. The van der Waals surface area contributed by atoms with Gasteiger partial charge in [0.2, 0.25) is 11.7 Å². The molecule has 3 rings (SSSR count). The number of carbonyl (C=O) groups excluding carboxylic acids is 1. The van der Waals surface area contributed by atoms with E-state index >= 15 is 0 Å². The number of rotatable bonds is 3. The molecule has 0 aliphatic heterocycles. The highest BCUT2D eigenvalue weighted by molar-refractivity contribution is 5.91. The molecule has 3 N–H and O–H groups in total. The van der Waals surface area contributed by atoms with E-state index in [1.807, 2.05) is 0 Å². The highest BCUT2D eigenvalue weighted by Crippen LogP contribution is 2.27. The number of halogens is 2. The number of amides is 1. The lowest BCUT2D eigenvalue weighted by atomic mass is 10.3. The first-order chi connectivity index (χ1) is 11.2. The first kappa shape index (κ1) is 15.8. The number of anilines is 2. The lowest BCUT2D eigenvalue weighted by Gasteiger charge is -2.12. The smallest absolute Gasteiger partial charge is 0.303 e. The summed E-state index contributed by atoms with van der Waals surface area (Å²) in [5, 5.41) is 3.33. The van der Waals surface area contributed by atoms with E-state index in [1.54, 1.807) is 29.1 Å². The number of fused-ring (bicyclic) bond motifs is 1. The fraction of sp³-hybridized carbons (Fsp3) is 0.200. The Bertz CT molecular complexity index is 931. The molecule has 0 aliphatic carbocycles. The molecule has 0 radical (unpaired) electrons. The van der Waals surface area contributed by atoms with Gasteiger partial charge in [0.05, 0.1) is 5.52 Å². The number of aromatic nitrogens is 4. The second-order valence-electron chi connectivity index (χ2n) is 5.36. The van der Waals surface area contributed by atoms with Crippen LogP contribution in [0.5, 0.6) is 0 Å². The minimum absolute atomic E-state index is 0.0606. The quantitative estimate of drug-likeness (QED) is 0.767. The molecule has 9 heteroatoms. The van der Waals surface area contributed by atoms with E-state index < -0.39 is 11.7 Å². The molecule has 7 nitrogen and oxygen atoms in total. The summed E-state index contributed by atoms with van der Waals surface area (Å²) in [6.45, 7) is 2.07. The van der Waals surface area contributed by atoms with Crippen molar-refractivity contribution in [2.24, 2.45) is 0 Å². The average molecular weight is 332 g/mol. The summed E-state index contributed by atoms with van der Waals surface area (Å²) in [5.74, 6) is -3.65. The van der Waals surface area contributed by atoms with Crippen LogP contribution in [-0.4, -0.2) is 25.4 Å². The van der Waals surface area contributed by atoms with Gasteiger partial charge in [-0.2, -0.15) is 8.78 Å². The van der Waals surface area contributed by atoms with Gasteiger partial charge >= 0.3 is 5.92 Å². The molecule has 3 aromatic heterocycles. The van der Waals surface area contributed by atoms with Gasteiger partial charge in [0.25, 0.3) is 0 Å². The van der Waals surface area contributed by atoms with Crippen LogP contribution in [0.15, 0.2) is 30.6 Å². The van der Waals surface area contributed by atoms with Gasteiger partial charge in [-0.15, -0.1) is 0 Å². The van der Waals surface area contributed by atoms with E-state index in [0.29, 0.717) is 18.3 Å². The monoisotopic (exact) mass is 332 g/mol. The molecule has 0 unspecified atom stereocenters. The summed E-state index contributed by atoms with van der Waals surface area (Å²) in [6, 6.07) is 4.77. The molecule has 0 saturated carbocycles. The first-order valence-electron chi connectivity index (χ1n) is 7.02. The van der Waals surface area contributed by atoms with Crippen LogP contribution >= 0.6 is 0 Å². The predicted molar refractivity (Wildman–Crippen MR) is 84.9 cm³/mol. The molecule has 0 bridgehead atoms. The van der Waals surface area contributed by atoms with E-state index in [2.05, 4.69) is 20.3 Å². The number of nitrogen functional groups attached to an aromatic ring is 1. The molecule has 0 atom stereocenters. The molecule has 1 amide bonds. The van der Waals surface area contributed by atoms with Crippen LogP contribution in [0.3, 0.4) is 0 Å². The third kappa shape index (κ3) is 3.00. The Labute approximate surface area is 135 Å². The Balaban J connectivity index is 2.15. The van der Waals surface area contributed by atoms with Crippen LogP contribution in [0.1, 0.15) is 19.7 Å². The molecular weight excluding hydrogens is 318 g/mol. The van der Waals surface area contributed by atoms with Crippen molar-refractivity contribution in [3.8, 4) is 5.82 Å². The number of carbonyl (C=O) groups is 1. The van der Waals surface area contributed by atoms with Gasteiger partial charge in [-0.05, 0) is 6.07 Å². The molecular formula is C15H14F2N6O. The fourth-order valence-electron chi connectivity index (χ4n) is 2.25. The molecule has 3 heterocycles. The number of nitrogens with two attached hydrogens (primary N) is 1. The SMILES string of the molecule is CC(=O)Nc1cc2c(ccn2-c2cc(N)nc(C(C)(F)F)n2)cn1. The van der Waals surface area contributed by atoms with Crippen molar-refractivity contribution in [1.29, 1.82) is 0 Å². The highest BCUT2D eigenvalue weighted by atomic mass is 19.3. The molecule has 0 saturated heterocycles. The molecule has 0 aromatic carbocycles. The summed E-state index contributed by atoms with van der Waals surface area (Å²) < 4.78 is 28.6. The molecule has 24 heavy (non-hydrogen) atoms. The van der Waals surface area contributed by atoms with Crippen LogP contribution in [0.4, 0.5) is 20.4 Å². The standard InChI is InChI=1S/C15H14F2N6O/c1-8(24)20-12-5-10-9(7-19-12)3-4-23(10)13-6-11(18)21-14(22-13)15(2,16)17/h3-7H,1-2H3,(H2,18,21,22)(H,19,20,24). The van der Waals surface area contributed by atoms with Crippen LogP contribution in [0, 0.1) is 0 Å². The van der Waals surface area contributed by atoms with E-state index in [1.165, 1.54) is 13.0 Å². The van der Waals surface area contributed by atoms with Gasteiger partial charge < -0.3 is 15.6 Å². The molecule has 0 aliphatic rings. The van der Waals surface area contributed by atoms with Crippen molar-refractivity contribution in [3.05, 3.63) is 36.4 Å². The van der Waals surface area contributed by atoms with Crippen LogP contribution in [-0.2, 0) is 10.7 Å². The van der Waals surface area contributed by atoms with Crippen LogP contribution in [0.25, 0.3) is 16.7 Å². The largest absolute Gasteiger partial charge is 0.384 e. The zero-order valence-electron chi connectivity index (χ0n) is 12.9. The normalized spacial score (nSPS) is 11.7. The lowest BCUT2D eigenvalue weighted by Crippen LogP contribution is -2.15. The Morgan fingerprint density at radius 1 is 1.33 bits per heavy atom. The number of hydrogen-bond donors (Lipinski definition) is 2. The van der Waals surface area contributed by atoms with Crippen molar-refractivity contribution >= 4 is 28.4 Å². The fourth-order valence-corrected chi connectivity index (χ4v) is 2.25. The summed E-state index contributed by atoms with van der Waals surface area (Å²) in [5.41, 5.74) is 6.27. The van der Waals surface area contributed by atoms with Gasteiger partial charge in [0, 0.05) is 43.8 Å². The molecule has 124 valence electrons. The molecule has 0 fully saturated rings. The number of pyridine rings is 1. The van der Waals surface area contributed by atoms with E-state index in [0.717, 1.165) is 5.39 Å².